The van der Waals surface area contributed by atoms with Gasteiger partial charge in [0.1, 0.15) is 0 Å². The van der Waals surface area contributed by atoms with E-state index in [0.717, 1.165) is 12.8 Å². The first-order valence-corrected chi connectivity index (χ1v) is 24.7. The number of hydrogen-bond acceptors (Lipinski definition) is 0. The van der Waals surface area contributed by atoms with E-state index in [1.807, 2.05) is 0 Å². The van der Waals surface area contributed by atoms with Gasteiger partial charge < -0.3 is 0 Å². The molecule has 4 aliphatic rings. The summed E-state index contributed by atoms with van der Waals surface area (Å²) in [5, 5.41) is 3.45. The van der Waals surface area contributed by atoms with Crippen LogP contribution in [0.3, 0.4) is 0 Å². The van der Waals surface area contributed by atoms with Gasteiger partial charge in [0.05, 0.1) is 0 Å². The Hall–Kier alpha value is -4.08. The van der Waals surface area contributed by atoms with Crippen LogP contribution >= 0.6 is 15.8 Å². The second-order valence-electron chi connectivity index (χ2n) is 16.6. The van der Waals surface area contributed by atoms with E-state index in [2.05, 4.69) is 182 Å². The maximum atomic E-state index is 2.61. The summed E-state index contributed by atoms with van der Waals surface area (Å²) >= 11 is 0. The summed E-state index contributed by atoms with van der Waals surface area (Å²) in [5.41, 5.74) is 9.10. The SMILES string of the molecule is C1=CC(CP(CC2CCC=C2c2ccccc2)c2ccccc2P(CC2CCC=C2c2ccccc2)CC2C=CCC2c2ccccc2)C(c2ccccc2)C1. The van der Waals surface area contributed by atoms with Gasteiger partial charge in [-0.3, -0.25) is 0 Å². The van der Waals surface area contributed by atoms with E-state index in [-0.39, 0.29) is 0 Å². The molecule has 8 unspecified atom stereocenters. The highest BCUT2D eigenvalue weighted by Gasteiger charge is 2.35. The Labute approximate surface area is 339 Å². The molecule has 0 aromatic heterocycles. The molecule has 0 bridgehead atoms. The molecule has 5 aromatic carbocycles. The summed E-state index contributed by atoms with van der Waals surface area (Å²) in [6.45, 7) is 0. The van der Waals surface area contributed by atoms with Crippen molar-refractivity contribution in [3.05, 3.63) is 204 Å². The van der Waals surface area contributed by atoms with Crippen LogP contribution in [-0.4, -0.2) is 24.6 Å². The fraction of sp³-hybridized carbons (Fsp3) is 0.296. The van der Waals surface area contributed by atoms with Crippen LogP contribution in [0.25, 0.3) is 11.1 Å². The zero-order valence-corrected chi connectivity index (χ0v) is 34.5. The van der Waals surface area contributed by atoms with Crippen molar-refractivity contribution >= 4 is 37.6 Å². The maximum Gasteiger partial charge on any atom is -0.00610 e. The van der Waals surface area contributed by atoms with Crippen LogP contribution in [0.4, 0.5) is 0 Å². The van der Waals surface area contributed by atoms with Crippen molar-refractivity contribution in [2.45, 2.75) is 50.4 Å². The van der Waals surface area contributed by atoms with Gasteiger partial charge in [-0.25, -0.2) is 0 Å². The van der Waals surface area contributed by atoms with E-state index in [1.54, 1.807) is 21.8 Å². The molecule has 282 valence electrons. The second-order valence-corrected chi connectivity index (χ2v) is 21.2. The quantitative estimate of drug-likeness (QED) is 0.0780. The van der Waals surface area contributed by atoms with Crippen molar-refractivity contribution in [3.8, 4) is 0 Å². The van der Waals surface area contributed by atoms with Crippen LogP contribution in [0.2, 0.25) is 0 Å². The van der Waals surface area contributed by atoms with E-state index in [4.69, 9.17) is 0 Å². The van der Waals surface area contributed by atoms with Gasteiger partial charge in [-0.1, -0.05) is 198 Å². The molecule has 0 heterocycles. The van der Waals surface area contributed by atoms with Gasteiger partial charge in [0, 0.05) is 0 Å². The smallest absolute Gasteiger partial charge is 0.00610 e. The van der Waals surface area contributed by atoms with Crippen LogP contribution < -0.4 is 10.6 Å². The normalized spacial score (nSPS) is 25.3. The lowest BCUT2D eigenvalue weighted by Gasteiger charge is -2.34. The van der Waals surface area contributed by atoms with Crippen LogP contribution in [0, 0.1) is 23.7 Å². The highest BCUT2D eigenvalue weighted by atomic mass is 31.1. The molecule has 0 radical (unpaired) electrons. The molecule has 0 aliphatic heterocycles. The topological polar surface area (TPSA) is 0 Å². The first-order valence-electron chi connectivity index (χ1n) is 21.3. The second kappa shape index (κ2) is 18.0. The van der Waals surface area contributed by atoms with E-state index < -0.39 is 15.8 Å². The monoisotopic (exact) mass is 766 g/mol. The largest absolute Gasteiger partial charge is 0.0876 e. The van der Waals surface area contributed by atoms with Gasteiger partial charge in [-0.2, -0.15) is 0 Å². The lowest BCUT2D eigenvalue weighted by Crippen LogP contribution is -2.30. The standard InChI is InChI=1S/C54H56P2/c1-5-19-41(20-6-1)49-31-15-27-45(49)37-55(38-46-28-16-32-50(46)42-21-7-2-8-22-42)53-35-13-14-36-54(53)56(39-47-29-17-33-51(47)43-23-9-3-10-24-43)40-48-30-18-34-52(48)44-25-11-4-12-26-44/h1-15,17,19-27,29,32,34-36,45-49,51H,16,18,28,30-31,33,37-40H2. The van der Waals surface area contributed by atoms with Crippen LogP contribution in [0.1, 0.15) is 72.6 Å². The van der Waals surface area contributed by atoms with Crippen LogP contribution in [0.5, 0.6) is 0 Å². The summed E-state index contributed by atoms with van der Waals surface area (Å²) < 4.78 is 0. The molecule has 0 fully saturated rings. The number of rotatable bonds is 14. The van der Waals surface area contributed by atoms with Crippen molar-refractivity contribution in [1.82, 2.24) is 0 Å². The van der Waals surface area contributed by atoms with E-state index in [9.17, 15) is 0 Å². The van der Waals surface area contributed by atoms with Crippen molar-refractivity contribution in [2.75, 3.05) is 24.6 Å². The zero-order valence-electron chi connectivity index (χ0n) is 32.8. The zero-order chi connectivity index (χ0) is 37.5. The van der Waals surface area contributed by atoms with Crippen molar-refractivity contribution in [2.24, 2.45) is 23.7 Å². The molecule has 5 aromatic rings. The first kappa shape index (κ1) is 37.5. The molecule has 0 saturated carbocycles. The molecule has 4 aliphatic carbocycles. The fourth-order valence-electron chi connectivity index (χ4n) is 10.4. The lowest BCUT2D eigenvalue weighted by molar-refractivity contribution is 0.592. The Morgan fingerprint density at radius 3 is 1.20 bits per heavy atom. The summed E-state index contributed by atoms with van der Waals surface area (Å²) in [4.78, 5) is 0. The Bertz CT molecular complexity index is 1980. The fourth-order valence-corrected chi connectivity index (χ4v) is 17.3. The number of benzene rings is 5. The highest BCUT2D eigenvalue weighted by molar-refractivity contribution is 7.72. The van der Waals surface area contributed by atoms with Crippen molar-refractivity contribution in [1.29, 1.82) is 0 Å². The minimum Gasteiger partial charge on any atom is -0.0876 e. The Morgan fingerprint density at radius 1 is 0.411 bits per heavy atom. The van der Waals surface area contributed by atoms with Crippen molar-refractivity contribution in [3.63, 3.8) is 0 Å². The predicted molar refractivity (Wildman–Crippen MR) is 246 cm³/mol. The van der Waals surface area contributed by atoms with Gasteiger partial charge in [0.25, 0.3) is 0 Å². The highest BCUT2D eigenvalue weighted by Crippen LogP contribution is 2.53. The predicted octanol–water partition coefficient (Wildman–Crippen LogP) is 13.6. The molecular formula is C54H56P2. The van der Waals surface area contributed by atoms with Gasteiger partial charge in [-0.15, -0.1) is 0 Å². The van der Waals surface area contributed by atoms with Crippen LogP contribution in [-0.2, 0) is 0 Å². The third-order valence-electron chi connectivity index (χ3n) is 13.2. The average Bonchev–Trinajstić information content (AvgIpc) is 4.11. The molecule has 9 rings (SSSR count). The molecule has 8 atom stereocenters. The third kappa shape index (κ3) is 8.45. The molecule has 0 N–H and O–H groups in total. The molecule has 56 heavy (non-hydrogen) atoms. The van der Waals surface area contributed by atoms with Crippen LogP contribution in [0.15, 0.2) is 182 Å². The van der Waals surface area contributed by atoms with E-state index in [0.29, 0.717) is 35.5 Å². The summed E-state index contributed by atoms with van der Waals surface area (Å²) in [6, 6.07) is 55.5. The van der Waals surface area contributed by atoms with E-state index in [1.165, 1.54) is 72.6 Å². The van der Waals surface area contributed by atoms with Gasteiger partial charge >= 0.3 is 0 Å². The maximum absolute atomic E-state index is 2.61. The molecule has 2 heteroatoms. The Balaban J connectivity index is 1.09. The summed E-state index contributed by atoms with van der Waals surface area (Å²) in [6.07, 6.45) is 27.8. The molecule has 0 saturated heterocycles. The number of allylic oxidation sites excluding steroid dienone is 8. The third-order valence-corrected chi connectivity index (χ3v) is 19.0. The number of hydrogen-bond donors (Lipinski definition) is 0. The van der Waals surface area contributed by atoms with E-state index >= 15 is 0 Å². The van der Waals surface area contributed by atoms with Gasteiger partial charge in [0.15, 0.2) is 0 Å². The molecule has 0 nitrogen and oxygen atoms in total. The molecular weight excluding hydrogens is 711 g/mol. The summed E-state index contributed by atoms with van der Waals surface area (Å²) in [5.74, 6) is 3.55. The van der Waals surface area contributed by atoms with Gasteiger partial charge in [-0.05, 0) is 143 Å². The van der Waals surface area contributed by atoms with Gasteiger partial charge in [0.2, 0.25) is 0 Å². The average molecular weight is 767 g/mol. The minimum absolute atomic E-state index is 0.419. The lowest BCUT2D eigenvalue weighted by atomic mass is 9.89. The molecule has 0 amide bonds. The Morgan fingerprint density at radius 2 is 0.786 bits per heavy atom. The van der Waals surface area contributed by atoms with Crippen molar-refractivity contribution < 1.29 is 0 Å². The molecule has 0 spiro atoms. The summed E-state index contributed by atoms with van der Waals surface area (Å²) in [7, 11) is -0.838. The minimum atomic E-state index is -0.419. The Kier molecular flexibility index (Phi) is 12.1. The first-order chi connectivity index (χ1) is 27.8.